The largest absolute Gasteiger partial charge is 0.489 e. The lowest BCUT2D eigenvalue weighted by atomic mass is 10.2. The van der Waals surface area contributed by atoms with E-state index in [0.717, 1.165) is 10.9 Å². The van der Waals surface area contributed by atoms with Gasteiger partial charge in [0.1, 0.15) is 12.4 Å². The number of anilines is 1. The van der Waals surface area contributed by atoms with Crippen molar-refractivity contribution in [3.8, 4) is 5.75 Å². The third kappa shape index (κ3) is 4.72. The van der Waals surface area contributed by atoms with Gasteiger partial charge in [-0.1, -0.05) is 36.9 Å². The van der Waals surface area contributed by atoms with Crippen molar-refractivity contribution in [3.05, 3.63) is 66.9 Å². The smallest absolute Gasteiger partial charge is 0.272 e. The second-order valence-electron chi connectivity index (χ2n) is 5.80. The second-order valence-corrected chi connectivity index (χ2v) is 5.80. The van der Waals surface area contributed by atoms with Crippen LogP contribution in [0, 0.1) is 0 Å². The molecule has 0 bridgehead atoms. The fourth-order valence-electron chi connectivity index (χ4n) is 2.55. The van der Waals surface area contributed by atoms with Gasteiger partial charge in [0.2, 0.25) is 5.91 Å². The van der Waals surface area contributed by atoms with E-state index in [1.165, 1.54) is 0 Å². The molecule has 0 aliphatic carbocycles. The molecule has 2 aromatic carbocycles. The summed E-state index contributed by atoms with van der Waals surface area (Å²) in [5.74, 6) is 0.120. The van der Waals surface area contributed by atoms with Crippen LogP contribution in [0.5, 0.6) is 5.75 Å². The van der Waals surface area contributed by atoms with Crippen molar-refractivity contribution in [2.75, 3.05) is 18.5 Å². The number of para-hydroxylation sites is 1. The summed E-state index contributed by atoms with van der Waals surface area (Å²) in [4.78, 5) is 24.3. The maximum atomic E-state index is 12.3. The average Bonchev–Trinajstić information content (AvgIpc) is 3.11. The Hall–Kier alpha value is -3.61. The van der Waals surface area contributed by atoms with Crippen LogP contribution in [0.1, 0.15) is 16.9 Å². The van der Waals surface area contributed by atoms with E-state index in [4.69, 9.17) is 4.74 Å². The Morgan fingerprint density at radius 2 is 2.04 bits per heavy atom. The summed E-state index contributed by atoms with van der Waals surface area (Å²) in [7, 11) is 0. The molecule has 0 aliphatic rings. The quantitative estimate of drug-likeness (QED) is 0.536. The zero-order valence-electron chi connectivity index (χ0n) is 14.7. The van der Waals surface area contributed by atoms with Crippen LogP contribution in [-0.4, -0.2) is 35.2 Å². The van der Waals surface area contributed by atoms with Crippen LogP contribution in [0.25, 0.3) is 10.9 Å². The monoisotopic (exact) mass is 364 g/mol. The number of carbonyl (C=O) groups is 2. The first kappa shape index (κ1) is 18.2. The van der Waals surface area contributed by atoms with Crippen LogP contribution in [0.15, 0.2) is 61.2 Å². The van der Waals surface area contributed by atoms with Gasteiger partial charge in [0, 0.05) is 30.1 Å². The summed E-state index contributed by atoms with van der Waals surface area (Å²) in [5, 5.41) is 13.1. The van der Waals surface area contributed by atoms with Crippen LogP contribution < -0.4 is 15.4 Å². The minimum Gasteiger partial charge on any atom is -0.489 e. The van der Waals surface area contributed by atoms with Crippen LogP contribution in [0.4, 0.5) is 5.69 Å². The molecule has 7 nitrogen and oxygen atoms in total. The number of H-pyrrole nitrogens is 1. The number of hydrogen-bond acceptors (Lipinski definition) is 4. The maximum Gasteiger partial charge on any atom is 0.272 e. The Kier molecular flexibility index (Phi) is 5.84. The summed E-state index contributed by atoms with van der Waals surface area (Å²) in [6, 6.07) is 14.5. The molecule has 0 radical (unpaired) electrons. The van der Waals surface area contributed by atoms with Crippen molar-refractivity contribution in [1.29, 1.82) is 0 Å². The summed E-state index contributed by atoms with van der Waals surface area (Å²) < 4.78 is 5.43. The van der Waals surface area contributed by atoms with E-state index in [9.17, 15) is 9.59 Å². The van der Waals surface area contributed by atoms with Crippen molar-refractivity contribution in [2.45, 2.75) is 6.42 Å². The van der Waals surface area contributed by atoms with Gasteiger partial charge < -0.3 is 15.4 Å². The van der Waals surface area contributed by atoms with E-state index in [0.29, 0.717) is 23.7 Å². The summed E-state index contributed by atoms with van der Waals surface area (Å²) in [6.07, 6.45) is 1.79. The second kappa shape index (κ2) is 8.66. The first-order valence-electron chi connectivity index (χ1n) is 8.52. The van der Waals surface area contributed by atoms with Crippen LogP contribution >= 0.6 is 0 Å². The first-order valence-corrected chi connectivity index (χ1v) is 8.52. The van der Waals surface area contributed by atoms with Gasteiger partial charge in [-0.15, -0.1) is 0 Å². The third-order valence-electron chi connectivity index (χ3n) is 3.81. The number of carbonyl (C=O) groups excluding carboxylic acids is 2. The predicted molar refractivity (Wildman–Crippen MR) is 104 cm³/mol. The molecule has 138 valence electrons. The minimum atomic E-state index is -0.319. The van der Waals surface area contributed by atoms with E-state index < -0.39 is 0 Å². The number of amides is 2. The topological polar surface area (TPSA) is 96.1 Å². The molecular weight excluding hydrogens is 344 g/mol. The summed E-state index contributed by atoms with van der Waals surface area (Å²) in [5.41, 5.74) is 1.74. The number of hydrogen-bond donors (Lipinski definition) is 3. The molecule has 1 heterocycles. The van der Waals surface area contributed by atoms with Gasteiger partial charge in [-0.3, -0.25) is 14.7 Å². The van der Waals surface area contributed by atoms with Crippen LogP contribution in [0.2, 0.25) is 0 Å². The lowest BCUT2D eigenvalue weighted by molar-refractivity contribution is -0.116. The molecule has 0 saturated heterocycles. The average molecular weight is 364 g/mol. The number of nitrogens with zero attached hydrogens (tertiary/aromatic N) is 1. The number of rotatable bonds is 8. The zero-order chi connectivity index (χ0) is 19.1. The highest BCUT2D eigenvalue weighted by Crippen LogP contribution is 2.17. The molecule has 3 N–H and O–H groups in total. The van der Waals surface area contributed by atoms with Crippen molar-refractivity contribution < 1.29 is 14.3 Å². The maximum absolute atomic E-state index is 12.3. The molecule has 7 heteroatoms. The SMILES string of the molecule is C=CCOc1cccc(NC(=O)CCNC(=O)c2n[nH]c3ccccc23)c1. The molecule has 3 rings (SSSR count). The predicted octanol–water partition coefficient (Wildman–Crippen LogP) is 2.89. The number of aromatic nitrogens is 2. The van der Waals surface area contributed by atoms with Crippen molar-refractivity contribution >= 4 is 28.4 Å². The number of benzene rings is 2. The summed E-state index contributed by atoms with van der Waals surface area (Å²) >= 11 is 0. The van der Waals surface area contributed by atoms with Crippen molar-refractivity contribution in [2.24, 2.45) is 0 Å². The van der Waals surface area contributed by atoms with Crippen molar-refractivity contribution in [1.82, 2.24) is 15.5 Å². The minimum absolute atomic E-state index is 0.145. The molecule has 0 aliphatic heterocycles. The number of fused-ring (bicyclic) bond motifs is 1. The Bertz CT molecular complexity index is 965. The zero-order valence-corrected chi connectivity index (χ0v) is 14.7. The normalized spacial score (nSPS) is 10.4. The Labute approximate surface area is 156 Å². The molecular formula is C20H20N4O3. The van der Waals surface area contributed by atoms with E-state index >= 15 is 0 Å². The van der Waals surface area contributed by atoms with Gasteiger partial charge in [-0.05, 0) is 18.2 Å². The molecule has 3 aromatic rings. The molecule has 0 atom stereocenters. The molecule has 2 amide bonds. The Balaban J connectivity index is 1.49. The van der Waals surface area contributed by atoms with Gasteiger partial charge in [-0.25, -0.2) is 0 Å². The van der Waals surface area contributed by atoms with Gasteiger partial charge >= 0.3 is 0 Å². The molecule has 27 heavy (non-hydrogen) atoms. The van der Waals surface area contributed by atoms with Crippen LogP contribution in [-0.2, 0) is 4.79 Å². The molecule has 0 unspecified atom stereocenters. The van der Waals surface area contributed by atoms with Crippen molar-refractivity contribution in [3.63, 3.8) is 0 Å². The summed E-state index contributed by atoms with van der Waals surface area (Å²) in [6.45, 7) is 4.19. The highest BCUT2D eigenvalue weighted by atomic mass is 16.5. The molecule has 0 spiro atoms. The lowest BCUT2D eigenvalue weighted by Crippen LogP contribution is -2.28. The highest BCUT2D eigenvalue weighted by molar-refractivity contribution is 6.04. The number of nitrogens with one attached hydrogen (secondary N) is 3. The van der Waals surface area contributed by atoms with E-state index in [1.54, 1.807) is 30.3 Å². The number of aromatic amines is 1. The fraction of sp³-hybridized carbons (Fsp3) is 0.150. The number of ether oxygens (including phenoxy) is 1. The Morgan fingerprint density at radius 1 is 1.19 bits per heavy atom. The highest BCUT2D eigenvalue weighted by Gasteiger charge is 2.13. The third-order valence-corrected chi connectivity index (χ3v) is 3.81. The molecule has 0 fully saturated rings. The molecule has 0 saturated carbocycles. The van der Waals surface area contributed by atoms with Gasteiger partial charge in [-0.2, -0.15) is 5.10 Å². The Morgan fingerprint density at radius 3 is 2.89 bits per heavy atom. The van der Waals surface area contributed by atoms with Gasteiger partial charge in [0.15, 0.2) is 5.69 Å². The standard InChI is InChI=1S/C20H20N4O3/c1-2-12-27-15-7-5-6-14(13-15)22-18(25)10-11-21-20(26)19-16-8-3-4-9-17(16)23-24-19/h2-9,13H,1,10-12H2,(H,21,26)(H,22,25)(H,23,24). The fourth-order valence-corrected chi connectivity index (χ4v) is 2.55. The van der Waals surface area contributed by atoms with E-state index in [1.807, 2.05) is 24.3 Å². The van der Waals surface area contributed by atoms with Gasteiger partial charge in [0.25, 0.3) is 5.91 Å². The lowest BCUT2D eigenvalue weighted by Gasteiger charge is -2.08. The van der Waals surface area contributed by atoms with Gasteiger partial charge in [0.05, 0.1) is 5.52 Å². The van der Waals surface area contributed by atoms with Crippen LogP contribution in [0.3, 0.4) is 0 Å². The first-order chi connectivity index (χ1) is 13.2. The van der Waals surface area contributed by atoms with E-state index in [-0.39, 0.29) is 24.8 Å². The van der Waals surface area contributed by atoms with E-state index in [2.05, 4.69) is 27.4 Å². The molecule has 1 aromatic heterocycles.